The van der Waals surface area contributed by atoms with Crippen molar-refractivity contribution in [3.63, 3.8) is 0 Å². The molecule has 0 spiro atoms. The van der Waals surface area contributed by atoms with E-state index in [9.17, 15) is 4.79 Å². The van der Waals surface area contributed by atoms with Crippen LogP contribution in [0.2, 0.25) is 5.15 Å². The summed E-state index contributed by atoms with van der Waals surface area (Å²) in [5.41, 5.74) is 1.55. The first-order valence-electron chi connectivity index (χ1n) is 6.90. The Morgan fingerprint density at radius 3 is 2.77 bits per heavy atom. The molecule has 0 bridgehead atoms. The summed E-state index contributed by atoms with van der Waals surface area (Å²) in [6, 6.07) is 5.16. The van der Waals surface area contributed by atoms with Gasteiger partial charge in [0.1, 0.15) is 11.6 Å². The number of nitrogens with one attached hydrogen (secondary N) is 1. The molecule has 2 heterocycles. The second kappa shape index (κ2) is 7.17. The van der Waals surface area contributed by atoms with Crippen molar-refractivity contribution in [3.05, 3.63) is 34.7 Å². The number of rotatable bonds is 6. The van der Waals surface area contributed by atoms with E-state index in [1.165, 1.54) is 6.92 Å². The Labute approximate surface area is 133 Å². The van der Waals surface area contributed by atoms with Crippen LogP contribution in [0.1, 0.15) is 36.5 Å². The second-order valence-electron chi connectivity index (χ2n) is 4.71. The fourth-order valence-corrected chi connectivity index (χ4v) is 2.17. The Morgan fingerprint density at radius 2 is 2.14 bits per heavy atom. The van der Waals surface area contributed by atoms with E-state index in [2.05, 4.69) is 27.4 Å². The van der Waals surface area contributed by atoms with Gasteiger partial charge in [0, 0.05) is 13.0 Å². The van der Waals surface area contributed by atoms with Crippen molar-refractivity contribution in [1.29, 1.82) is 0 Å². The van der Waals surface area contributed by atoms with Crippen LogP contribution in [0.15, 0.2) is 18.2 Å². The number of methoxy groups -OCH3 is 1. The number of aryl methyl sites for hydroxylation is 1. The summed E-state index contributed by atoms with van der Waals surface area (Å²) in [6.07, 6.45) is 1.75. The average Bonchev–Trinajstić information content (AvgIpc) is 2.47. The third kappa shape index (κ3) is 3.71. The smallest absolute Gasteiger partial charge is 0.182 e. The fourth-order valence-electron chi connectivity index (χ4n) is 2.02. The van der Waals surface area contributed by atoms with Crippen molar-refractivity contribution in [2.75, 3.05) is 12.4 Å². The maximum absolute atomic E-state index is 11.6. The quantitative estimate of drug-likeness (QED) is 0.822. The van der Waals surface area contributed by atoms with Crippen LogP contribution in [0.5, 0.6) is 5.75 Å². The summed E-state index contributed by atoms with van der Waals surface area (Å²) >= 11 is 5.85. The van der Waals surface area contributed by atoms with E-state index in [0.29, 0.717) is 11.5 Å². The number of carbonyl (C=O) groups excluding carboxylic acids is 1. The summed E-state index contributed by atoms with van der Waals surface area (Å²) in [5, 5.41) is 10.8. The Hall–Kier alpha value is -2.21. The molecule has 0 aliphatic rings. The SMILES string of the molecule is CCCc1nc(Nc2cc(Cl)nnc2C(C)=O)ccc1OC. The molecule has 116 valence electrons. The highest BCUT2D eigenvalue weighted by molar-refractivity contribution is 6.29. The van der Waals surface area contributed by atoms with Crippen molar-refractivity contribution >= 4 is 28.9 Å². The number of halogens is 1. The van der Waals surface area contributed by atoms with Crippen LogP contribution in [0.25, 0.3) is 0 Å². The van der Waals surface area contributed by atoms with Gasteiger partial charge in [0.25, 0.3) is 0 Å². The molecule has 1 N–H and O–H groups in total. The van der Waals surface area contributed by atoms with Crippen LogP contribution in [-0.2, 0) is 6.42 Å². The minimum atomic E-state index is -0.200. The first kappa shape index (κ1) is 16.2. The highest BCUT2D eigenvalue weighted by Crippen LogP contribution is 2.25. The summed E-state index contributed by atoms with van der Waals surface area (Å²) in [7, 11) is 1.61. The van der Waals surface area contributed by atoms with Crippen molar-refractivity contribution in [2.45, 2.75) is 26.7 Å². The standard InChI is InChI=1S/C15H17ClN4O2/c1-4-5-10-12(22-3)6-7-14(17-10)18-11-8-13(16)19-20-15(11)9(2)21/h6-8H,4-5H2,1-3H3,(H,17,18,19). The molecule has 0 aliphatic carbocycles. The van der Waals surface area contributed by atoms with Gasteiger partial charge in [-0.2, -0.15) is 0 Å². The molecule has 6 nitrogen and oxygen atoms in total. The third-order valence-electron chi connectivity index (χ3n) is 3.00. The topological polar surface area (TPSA) is 77.0 Å². The largest absolute Gasteiger partial charge is 0.495 e. The summed E-state index contributed by atoms with van der Waals surface area (Å²) in [5.74, 6) is 1.13. The van der Waals surface area contributed by atoms with Gasteiger partial charge in [0.05, 0.1) is 18.5 Å². The van der Waals surface area contributed by atoms with E-state index in [1.54, 1.807) is 19.2 Å². The van der Waals surface area contributed by atoms with Gasteiger partial charge in [0.2, 0.25) is 0 Å². The van der Waals surface area contributed by atoms with Crippen molar-refractivity contribution in [1.82, 2.24) is 15.2 Å². The lowest BCUT2D eigenvalue weighted by atomic mass is 10.2. The number of ketones is 1. The molecule has 0 saturated heterocycles. The van der Waals surface area contributed by atoms with Gasteiger partial charge >= 0.3 is 0 Å². The molecule has 0 unspecified atom stereocenters. The van der Waals surface area contributed by atoms with E-state index in [1.807, 2.05) is 6.07 Å². The third-order valence-corrected chi connectivity index (χ3v) is 3.18. The zero-order valence-corrected chi connectivity index (χ0v) is 13.4. The van der Waals surface area contributed by atoms with E-state index in [0.717, 1.165) is 24.3 Å². The van der Waals surface area contributed by atoms with Gasteiger partial charge in [-0.05, 0) is 18.6 Å². The average molecular weight is 321 g/mol. The monoisotopic (exact) mass is 320 g/mol. The summed E-state index contributed by atoms with van der Waals surface area (Å²) < 4.78 is 5.30. The Morgan fingerprint density at radius 1 is 1.36 bits per heavy atom. The zero-order chi connectivity index (χ0) is 16.1. The highest BCUT2D eigenvalue weighted by Gasteiger charge is 2.13. The lowest BCUT2D eigenvalue weighted by Crippen LogP contribution is -2.07. The van der Waals surface area contributed by atoms with Gasteiger partial charge in [-0.1, -0.05) is 24.9 Å². The lowest BCUT2D eigenvalue weighted by molar-refractivity contribution is 0.101. The van der Waals surface area contributed by atoms with Crippen LogP contribution in [0, 0.1) is 0 Å². The minimum absolute atomic E-state index is 0.200. The number of pyridine rings is 1. The minimum Gasteiger partial charge on any atom is -0.495 e. The molecular weight excluding hydrogens is 304 g/mol. The summed E-state index contributed by atoms with van der Waals surface area (Å²) in [4.78, 5) is 16.1. The number of carbonyl (C=O) groups is 1. The molecule has 0 aromatic carbocycles. The predicted molar refractivity (Wildman–Crippen MR) is 85.1 cm³/mol. The number of nitrogens with zero attached hydrogens (tertiary/aromatic N) is 3. The van der Waals surface area contributed by atoms with Crippen molar-refractivity contribution < 1.29 is 9.53 Å². The lowest BCUT2D eigenvalue weighted by Gasteiger charge is -2.12. The maximum Gasteiger partial charge on any atom is 0.182 e. The first-order chi connectivity index (χ1) is 10.5. The van der Waals surface area contributed by atoms with E-state index in [-0.39, 0.29) is 16.6 Å². The number of anilines is 2. The molecule has 0 fully saturated rings. The van der Waals surface area contributed by atoms with Gasteiger partial charge in [-0.3, -0.25) is 4.79 Å². The van der Waals surface area contributed by atoms with Crippen LogP contribution in [-0.4, -0.2) is 28.1 Å². The van der Waals surface area contributed by atoms with E-state index >= 15 is 0 Å². The number of ether oxygens (including phenoxy) is 1. The van der Waals surface area contributed by atoms with Crippen LogP contribution in [0.4, 0.5) is 11.5 Å². The predicted octanol–water partition coefficient (Wildman–Crippen LogP) is 3.43. The molecule has 0 saturated carbocycles. The Kier molecular flexibility index (Phi) is 5.27. The van der Waals surface area contributed by atoms with Crippen LogP contribution >= 0.6 is 11.6 Å². The maximum atomic E-state index is 11.6. The van der Waals surface area contributed by atoms with Gasteiger partial charge in [0.15, 0.2) is 16.6 Å². The highest BCUT2D eigenvalue weighted by atomic mass is 35.5. The second-order valence-corrected chi connectivity index (χ2v) is 5.09. The van der Waals surface area contributed by atoms with Crippen molar-refractivity contribution in [2.24, 2.45) is 0 Å². The molecule has 0 atom stereocenters. The normalized spacial score (nSPS) is 10.4. The zero-order valence-electron chi connectivity index (χ0n) is 12.7. The van der Waals surface area contributed by atoms with Gasteiger partial charge < -0.3 is 10.1 Å². The summed E-state index contributed by atoms with van der Waals surface area (Å²) in [6.45, 7) is 3.49. The molecule has 22 heavy (non-hydrogen) atoms. The number of aromatic nitrogens is 3. The molecule has 0 amide bonds. The van der Waals surface area contributed by atoms with E-state index < -0.39 is 0 Å². The Balaban J connectivity index is 2.36. The molecule has 2 rings (SSSR count). The van der Waals surface area contributed by atoms with Crippen molar-refractivity contribution in [3.8, 4) is 5.75 Å². The van der Waals surface area contributed by atoms with Crippen LogP contribution in [0.3, 0.4) is 0 Å². The van der Waals surface area contributed by atoms with E-state index in [4.69, 9.17) is 16.3 Å². The fraction of sp³-hybridized carbons (Fsp3) is 0.333. The first-order valence-corrected chi connectivity index (χ1v) is 7.28. The number of hydrogen-bond donors (Lipinski definition) is 1. The van der Waals surface area contributed by atoms with Crippen LogP contribution < -0.4 is 10.1 Å². The molecule has 2 aromatic heterocycles. The molecule has 0 radical (unpaired) electrons. The Bertz CT molecular complexity index is 691. The molecule has 0 aliphatic heterocycles. The van der Waals surface area contributed by atoms with Gasteiger partial charge in [-0.15, -0.1) is 10.2 Å². The number of Topliss-reactive ketones (excluding diaryl/α,β-unsaturated/α-hetero) is 1. The number of hydrogen-bond acceptors (Lipinski definition) is 6. The molecular formula is C15H17ClN4O2. The molecule has 2 aromatic rings. The van der Waals surface area contributed by atoms with Gasteiger partial charge in [-0.25, -0.2) is 4.98 Å². The molecule has 7 heteroatoms.